The fraction of sp³-hybridized carbons (Fsp3) is 0.462. The predicted octanol–water partition coefficient (Wildman–Crippen LogP) is 3.97. The Morgan fingerprint density at radius 3 is 2.44 bits per heavy atom. The summed E-state index contributed by atoms with van der Waals surface area (Å²) in [5, 5.41) is 9.69. The van der Waals surface area contributed by atoms with Crippen LogP contribution in [0.5, 0.6) is 5.75 Å². The molecular weight excluding hydrogens is 224 g/mol. The highest BCUT2D eigenvalue weighted by Crippen LogP contribution is 2.30. The van der Waals surface area contributed by atoms with Crippen molar-refractivity contribution in [3.63, 3.8) is 0 Å². The van der Waals surface area contributed by atoms with E-state index in [-0.39, 0.29) is 22.5 Å². The van der Waals surface area contributed by atoms with E-state index < -0.39 is 0 Å². The number of Topliss-reactive ketones (excluding diaryl/α,β-unsaturated/α-hetero) is 1. The number of hydrogen-bond donors (Lipinski definition) is 1. The number of halogens is 1. The summed E-state index contributed by atoms with van der Waals surface area (Å²) in [6.07, 6.45) is 1.65. The quantitative estimate of drug-likeness (QED) is 0.809. The fourth-order valence-corrected chi connectivity index (χ4v) is 1.98. The first-order chi connectivity index (χ1) is 7.52. The van der Waals surface area contributed by atoms with Gasteiger partial charge in [0.15, 0.2) is 5.78 Å². The van der Waals surface area contributed by atoms with Gasteiger partial charge >= 0.3 is 0 Å². The first-order valence-electron chi connectivity index (χ1n) is 5.55. The lowest BCUT2D eigenvalue weighted by Gasteiger charge is -2.14. The summed E-state index contributed by atoms with van der Waals surface area (Å²) in [5.74, 6) is 0.184. The SMILES string of the molecule is CCC(CC)C(=O)c1ccc(O)c(Cl)c1C. The van der Waals surface area contributed by atoms with Crippen LogP contribution >= 0.6 is 11.6 Å². The number of rotatable bonds is 4. The van der Waals surface area contributed by atoms with E-state index in [9.17, 15) is 9.90 Å². The average Bonchev–Trinajstić information content (AvgIpc) is 2.27. The molecule has 0 bridgehead atoms. The van der Waals surface area contributed by atoms with Crippen molar-refractivity contribution in [1.82, 2.24) is 0 Å². The van der Waals surface area contributed by atoms with Gasteiger partial charge in [0.05, 0.1) is 5.02 Å². The van der Waals surface area contributed by atoms with Crippen LogP contribution in [-0.4, -0.2) is 10.9 Å². The smallest absolute Gasteiger partial charge is 0.166 e. The molecule has 2 nitrogen and oxygen atoms in total. The zero-order valence-electron chi connectivity index (χ0n) is 9.88. The Kier molecular flexibility index (Phi) is 4.36. The van der Waals surface area contributed by atoms with Crippen molar-refractivity contribution >= 4 is 17.4 Å². The van der Waals surface area contributed by atoms with Crippen molar-refractivity contribution in [1.29, 1.82) is 0 Å². The number of carbonyl (C=O) groups excluding carboxylic acids is 1. The van der Waals surface area contributed by atoms with Gasteiger partial charge in [0.25, 0.3) is 0 Å². The number of phenols is 1. The molecule has 1 aromatic carbocycles. The molecule has 0 unspecified atom stereocenters. The Hall–Kier alpha value is -1.02. The van der Waals surface area contributed by atoms with Crippen molar-refractivity contribution in [2.75, 3.05) is 0 Å². The molecule has 88 valence electrons. The molecule has 0 aliphatic carbocycles. The molecule has 1 aromatic rings. The van der Waals surface area contributed by atoms with Crippen LogP contribution in [-0.2, 0) is 0 Å². The molecular formula is C13H17ClO2. The normalized spacial score (nSPS) is 10.8. The van der Waals surface area contributed by atoms with Gasteiger partial charge in [-0.3, -0.25) is 4.79 Å². The molecule has 3 heteroatoms. The van der Waals surface area contributed by atoms with Gasteiger partial charge < -0.3 is 5.11 Å². The molecule has 0 aromatic heterocycles. The van der Waals surface area contributed by atoms with E-state index in [4.69, 9.17) is 11.6 Å². The molecule has 0 heterocycles. The summed E-state index contributed by atoms with van der Waals surface area (Å²) in [6, 6.07) is 3.13. The second-order valence-corrected chi connectivity index (χ2v) is 4.33. The van der Waals surface area contributed by atoms with Crippen LogP contribution in [0.2, 0.25) is 5.02 Å². The second kappa shape index (κ2) is 5.35. The minimum atomic E-state index is 0.0280. The van der Waals surface area contributed by atoms with Gasteiger partial charge in [0.2, 0.25) is 0 Å². The van der Waals surface area contributed by atoms with E-state index >= 15 is 0 Å². The van der Waals surface area contributed by atoms with E-state index in [1.165, 1.54) is 6.07 Å². The van der Waals surface area contributed by atoms with Crippen LogP contribution in [0, 0.1) is 12.8 Å². The predicted molar refractivity (Wildman–Crippen MR) is 66.3 cm³/mol. The summed E-state index contributed by atoms with van der Waals surface area (Å²) in [5.41, 5.74) is 1.29. The molecule has 16 heavy (non-hydrogen) atoms. The fourth-order valence-electron chi connectivity index (χ4n) is 1.82. The number of ketones is 1. The molecule has 1 rings (SSSR count). The average molecular weight is 241 g/mol. The lowest BCUT2D eigenvalue weighted by Crippen LogP contribution is -2.14. The number of phenolic OH excluding ortho intramolecular Hbond substituents is 1. The van der Waals surface area contributed by atoms with Crippen LogP contribution in [0.4, 0.5) is 0 Å². The Morgan fingerprint density at radius 1 is 1.38 bits per heavy atom. The van der Waals surface area contributed by atoms with Crippen LogP contribution < -0.4 is 0 Å². The first kappa shape index (κ1) is 13.0. The third kappa shape index (κ3) is 2.38. The van der Waals surface area contributed by atoms with E-state index in [0.717, 1.165) is 12.8 Å². The molecule has 1 N–H and O–H groups in total. The van der Waals surface area contributed by atoms with Crippen molar-refractivity contribution in [2.24, 2.45) is 5.92 Å². The largest absolute Gasteiger partial charge is 0.506 e. The molecule has 0 fully saturated rings. The third-order valence-corrected chi connectivity index (χ3v) is 3.46. The Bertz CT molecular complexity index is 395. The van der Waals surface area contributed by atoms with Gasteiger partial charge in [-0.1, -0.05) is 25.4 Å². The van der Waals surface area contributed by atoms with Crippen LogP contribution in [0.1, 0.15) is 42.6 Å². The monoisotopic (exact) mass is 240 g/mol. The molecule has 0 saturated carbocycles. The van der Waals surface area contributed by atoms with E-state index in [0.29, 0.717) is 11.1 Å². The summed E-state index contributed by atoms with van der Waals surface area (Å²) in [4.78, 5) is 12.2. The molecule has 0 aliphatic heterocycles. The van der Waals surface area contributed by atoms with Gasteiger partial charge in [0, 0.05) is 11.5 Å². The maximum absolute atomic E-state index is 12.2. The molecule has 0 amide bonds. The van der Waals surface area contributed by atoms with E-state index in [2.05, 4.69) is 0 Å². The van der Waals surface area contributed by atoms with E-state index in [1.54, 1.807) is 13.0 Å². The van der Waals surface area contributed by atoms with Crippen molar-refractivity contribution in [3.05, 3.63) is 28.3 Å². The molecule has 0 aliphatic rings. The number of benzene rings is 1. The number of aromatic hydroxyl groups is 1. The highest BCUT2D eigenvalue weighted by molar-refractivity contribution is 6.33. The van der Waals surface area contributed by atoms with Gasteiger partial charge in [-0.15, -0.1) is 0 Å². The second-order valence-electron chi connectivity index (χ2n) is 3.95. The number of hydrogen-bond acceptors (Lipinski definition) is 2. The van der Waals surface area contributed by atoms with Gasteiger partial charge in [-0.05, 0) is 37.5 Å². The maximum atomic E-state index is 12.2. The Balaban J connectivity index is 3.14. The molecule has 0 radical (unpaired) electrons. The highest BCUT2D eigenvalue weighted by Gasteiger charge is 2.20. The minimum Gasteiger partial charge on any atom is -0.506 e. The van der Waals surface area contributed by atoms with Crippen LogP contribution in [0.25, 0.3) is 0 Å². The van der Waals surface area contributed by atoms with Crippen molar-refractivity contribution in [2.45, 2.75) is 33.6 Å². The van der Waals surface area contributed by atoms with Crippen LogP contribution in [0.15, 0.2) is 12.1 Å². The van der Waals surface area contributed by atoms with E-state index in [1.807, 2.05) is 13.8 Å². The van der Waals surface area contributed by atoms with Gasteiger partial charge in [-0.2, -0.15) is 0 Å². The zero-order chi connectivity index (χ0) is 12.3. The first-order valence-corrected chi connectivity index (χ1v) is 5.92. The highest BCUT2D eigenvalue weighted by atomic mass is 35.5. The summed E-state index contributed by atoms with van der Waals surface area (Å²) < 4.78 is 0. The molecule has 0 spiro atoms. The van der Waals surface area contributed by atoms with Gasteiger partial charge in [0.1, 0.15) is 5.75 Å². The van der Waals surface area contributed by atoms with Gasteiger partial charge in [-0.25, -0.2) is 0 Å². The standard InChI is InChI=1S/C13H17ClO2/c1-4-9(5-2)13(16)10-6-7-11(15)12(14)8(10)3/h6-7,9,15H,4-5H2,1-3H3. The Labute approximate surface area is 101 Å². The number of carbonyl (C=O) groups is 1. The van der Waals surface area contributed by atoms with Crippen molar-refractivity contribution in [3.8, 4) is 5.75 Å². The third-order valence-electron chi connectivity index (χ3n) is 2.99. The summed E-state index contributed by atoms with van der Waals surface area (Å²) >= 11 is 5.92. The lowest BCUT2D eigenvalue weighted by molar-refractivity contribution is 0.0913. The summed E-state index contributed by atoms with van der Waals surface area (Å²) in [6.45, 7) is 5.77. The molecule has 0 atom stereocenters. The van der Waals surface area contributed by atoms with Crippen molar-refractivity contribution < 1.29 is 9.90 Å². The topological polar surface area (TPSA) is 37.3 Å². The maximum Gasteiger partial charge on any atom is 0.166 e. The minimum absolute atomic E-state index is 0.0280. The van der Waals surface area contributed by atoms with Crippen LogP contribution in [0.3, 0.4) is 0 Å². The molecule has 0 saturated heterocycles. The lowest BCUT2D eigenvalue weighted by atomic mass is 9.91. The Morgan fingerprint density at radius 2 is 1.94 bits per heavy atom. The zero-order valence-corrected chi connectivity index (χ0v) is 10.6. The summed E-state index contributed by atoms with van der Waals surface area (Å²) in [7, 11) is 0.